The minimum atomic E-state index is -2.77. The van der Waals surface area contributed by atoms with Crippen LogP contribution in [0, 0.1) is 0 Å². The number of fused-ring (bicyclic) bond motifs is 1. The van der Waals surface area contributed by atoms with Crippen LogP contribution in [0.25, 0.3) is 5.65 Å². The summed E-state index contributed by atoms with van der Waals surface area (Å²) in [5.74, 6) is 0.0510. The van der Waals surface area contributed by atoms with Crippen LogP contribution in [0.15, 0.2) is 30.7 Å². The molecule has 1 saturated heterocycles. The van der Waals surface area contributed by atoms with Gasteiger partial charge in [0, 0.05) is 45.3 Å². The number of piperazine rings is 1. The number of halogens is 2. The Kier molecular flexibility index (Phi) is 4.11. The number of carbonyl (C=O) groups excluding carboxylic acids is 1. The molecule has 4 heterocycles. The molecule has 0 radical (unpaired) electrons. The minimum Gasteiger partial charge on any atom is -0.336 e. The van der Waals surface area contributed by atoms with Gasteiger partial charge in [0.25, 0.3) is 12.3 Å². The number of imidazole rings is 1. The Bertz CT molecular complexity index is 951. The Morgan fingerprint density at radius 3 is 2.92 bits per heavy atom. The molecule has 3 aromatic rings. The summed E-state index contributed by atoms with van der Waals surface area (Å²) < 4.78 is 29.2. The summed E-state index contributed by atoms with van der Waals surface area (Å²) in [6.07, 6.45) is 2.11. The number of amides is 1. The fourth-order valence-corrected chi connectivity index (χ4v) is 3.23. The second-order valence-electron chi connectivity index (χ2n) is 6.12. The first kappa shape index (κ1) is 16.6. The van der Waals surface area contributed by atoms with E-state index in [1.54, 1.807) is 17.2 Å². The Labute approximate surface area is 147 Å². The van der Waals surface area contributed by atoms with Gasteiger partial charge >= 0.3 is 0 Å². The van der Waals surface area contributed by atoms with Crippen LogP contribution in [-0.2, 0) is 7.05 Å². The highest BCUT2D eigenvalue weighted by atomic mass is 19.3. The molecule has 136 valence electrons. The van der Waals surface area contributed by atoms with Gasteiger partial charge in [0.1, 0.15) is 11.9 Å². The van der Waals surface area contributed by atoms with Gasteiger partial charge in [-0.3, -0.25) is 9.20 Å². The lowest BCUT2D eigenvalue weighted by Crippen LogP contribution is -2.49. The maximum Gasteiger partial charge on any atom is 0.297 e. The molecule has 1 aliphatic rings. The number of aromatic nitrogens is 5. The zero-order chi connectivity index (χ0) is 18.3. The highest BCUT2D eigenvalue weighted by molar-refractivity contribution is 5.94. The molecule has 1 unspecified atom stereocenters. The first-order valence-electron chi connectivity index (χ1n) is 8.18. The monoisotopic (exact) mass is 361 g/mol. The minimum absolute atomic E-state index is 0.234. The van der Waals surface area contributed by atoms with Gasteiger partial charge in [-0.05, 0) is 12.1 Å². The van der Waals surface area contributed by atoms with Gasteiger partial charge in [0.2, 0.25) is 5.82 Å². The molecule has 0 bridgehead atoms. The molecule has 0 spiro atoms. The summed E-state index contributed by atoms with van der Waals surface area (Å²) in [5, 5.41) is 10.5. The lowest BCUT2D eigenvalue weighted by molar-refractivity contribution is 0.0620. The molecule has 8 nitrogen and oxygen atoms in total. The highest BCUT2D eigenvalue weighted by Crippen LogP contribution is 2.24. The topological polar surface area (TPSA) is 80.3 Å². The Morgan fingerprint density at radius 1 is 1.35 bits per heavy atom. The lowest BCUT2D eigenvalue weighted by Gasteiger charge is -2.35. The van der Waals surface area contributed by atoms with Crippen LogP contribution in [0.2, 0.25) is 0 Å². The molecule has 3 aromatic heterocycles. The molecule has 10 heteroatoms. The Hall–Kier alpha value is -2.88. The molecular formula is C16H17F2N7O. The standard InChI is InChI=1S/C16H17F2N7O/c1-23-6-5-20-14(23)11-8-19-4-7-24(11)16(26)10-2-3-12-21-22-15(13(17)18)25(12)9-10/h2-3,5-6,9,11,13,19H,4,7-8H2,1H3. The highest BCUT2D eigenvalue weighted by Gasteiger charge is 2.31. The summed E-state index contributed by atoms with van der Waals surface area (Å²) >= 11 is 0. The molecular weight excluding hydrogens is 344 g/mol. The van der Waals surface area contributed by atoms with Crippen molar-refractivity contribution in [3.63, 3.8) is 0 Å². The maximum atomic E-state index is 13.1. The normalized spacial score (nSPS) is 18.0. The third-order valence-corrected chi connectivity index (χ3v) is 4.53. The molecule has 4 rings (SSSR count). The predicted molar refractivity (Wildman–Crippen MR) is 87.8 cm³/mol. The van der Waals surface area contributed by atoms with E-state index in [0.29, 0.717) is 25.2 Å². The number of aryl methyl sites for hydroxylation is 1. The van der Waals surface area contributed by atoms with Crippen molar-refractivity contribution in [1.29, 1.82) is 0 Å². The number of alkyl halides is 2. The second kappa shape index (κ2) is 6.45. The molecule has 0 aliphatic carbocycles. The summed E-state index contributed by atoms with van der Waals surface area (Å²) in [6, 6.07) is 2.87. The van der Waals surface area contributed by atoms with Gasteiger partial charge in [-0.1, -0.05) is 0 Å². The number of nitrogens with one attached hydrogen (secondary N) is 1. The number of hydrogen-bond acceptors (Lipinski definition) is 5. The van der Waals surface area contributed by atoms with Gasteiger partial charge in [-0.15, -0.1) is 10.2 Å². The molecule has 0 saturated carbocycles. The number of rotatable bonds is 3. The van der Waals surface area contributed by atoms with Crippen molar-refractivity contribution in [2.45, 2.75) is 12.5 Å². The third kappa shape index (κ3) is 2.71. The number of hydrogen-bond donors (Lipinski definition) is 1. The average molecular weight is 361 g/mol. The van der Waals surface area contributed by atoms with Crippen LogP contribution in [0.5, 0.6) is 0 Å². The van der Waals surface area contributed by atoms with E-state index < -0.39 is 12.2 Å². The Morgan fingerprint density at radius 2 is 2.19 bits per heavy atom. The Balaban J connectivity index is 1.70. The van der Waals surface area contributed by atoms with E-state index in [9.17, 15) is 13.6 Å². The SMILES string of the molecule is Cn1ccnc1C1CNCCN1C(=O)c1ccc2nnc(C(F)F)n2c1. The molecule has 1 fully saturated rings. The summed E-state index contributed by atoms with van der Waals surface area (Å²) in [4.78, 5) is 19.1. The van der Waals surface area contributed by atoms with E-state index in [0.717, 1.165) is 10.2 Å². The zero-order valence-electron chi connectivity index (χ0n) is 14.0. The van der Waals surface area contributed by atoms with Crippen LogP contribution in [0.4, 0.5) is 8.78 Å². The van der Waals surface area contributed by atoms with Gasteiger partial charge < -0.3 is 14.8 Å². The average Bonchev–Trinajstić information content (AvgIpc) is 3.26. The van der Waals surface area contributed by atoms with Crippen molar-refractivity contribution in [2.75, 3.05) is 19.6 Å². The fraction of sp³-hybridized carbons (Fsp3) is 0.375. The van der Waals surface area contributed by atoms with Gasteiger partial charge in [-0.25, -0.2) is 13.8 Å². The number of nitrogens with zero attached hydrogens (tertiary/aromatic N) is 6. The maximum absolute atomic E-state index is 13.1. The molecule has 1 amide bonds. The van der Waals surface area contributed by atoms with Crippen molar-refractivity contribution >= 4 is 11.6 Å². The van der Waals surface area contributed by atoms with Crippen molar-refractivity contribution in [3.8, 4) is 0 Å². The molecule has 1 atom stereocenters. The van der Waals surface area contributed by atoms with Crippen LogP contribution >= 0.6 is 0 Å². The van der Waals surface area contributed by atoms with Gasteiger partial charge in [0.15, 0.2) is 5.65 Å². The molecule has 1 N–H and O–H groups in total. The van der Waals surface area contributed by atoms with E-state index >= 15 is 0 Å². The van der Waals surface area contributed by atoms with Crippen molar-refractivity contribution in [1.82, 2.24) is 34.4 Å². The van der Waals surface area contributed by atoms with Crippen LogP contribution in [-0.4, -0.2) is 54.6 Å². The molecule has 0 aromatic carbocycles. The number of pyridine rings is 1. The summed E-state index contributed by atoms with van der Waals surface area (Å²) in [7, 11) is 1.87. The fourth-order valence-electron chi connectivity index (χ4n) is 3.23. The smallest absolute Gasteiger partial charge is 0.297 e. The van der Waals surface area contributed by atoms with Crippen LogP contribution < -0.4 is 5.32 Å². The predicted octanol–water partition coefficient (Wildman–Crippen LogP) is 1.19. The van der Waals surface area contributed by atoms with Crippen LogP contribution in [0.1, 0.15) is 34.5 Å². The summed E-state index contributed by atoms with van der Waals surface area (Å²) in [6.45, 7) is 1.73. The first-order chi connectivity index (χ1) is 12.6. The largest absolute Gasteiger partial charge is 0.336 e. The first-order valence-corrected chi connectivity index (χ1v) is 8.18. The summed E-state index contributed by atoms with van der Waals surface area (Å²) in [5.41, 5.74) is 0.582. The second-order valence-corrected chi connectivity index (χ2v) is 6.12. The lowest BCUT2D eigenvalue weighted by atomic mass is 10.1. The van der Waals surface area contributed by atoms with E-state index in [-0.39, 0.29) is 17.6 Å². The van der Waals surface area contributed by atoms with E-state index in [1.165, 1.54) is 12.3 Å². The number of carbonyl (C=O) groups is 1. The van der Waals surface area contributed by atoms with Crippen molar-refractivity contribution in [2.24, 2.45) is 7.05 Å². The van der Waals surface area contributed by atoms with Crippen molar-refractivity contribution in [3.05, 3.63) is 47.9 Å². The molecule has 1 aliphatic heterocycles. The third-order valence-electron chi connectivity index (χ3n) is 4.53. The van der Waals surface area contributed by atoms with Gasteiger partial charge in [0.05, 0.1) is 5.56 Å². The van der Waals surface area contributed by atoms with E-state index in [4.69, 9.17) is 0 Å². The van der Waals surface area contributed by atoms with E-state index in [2.05, 4.69) is 20.5 Å². The quantitative estimate of drug-likeness (QED) is 0.758. The molecule has 26 heavy (non-hydrogen) atoms. The van der Waals surface area contributed by atoms with Gasteiger partial charge in [-0.2, -0.15) is 0 Å². The van der Waals surface area contributed by atoms with Crippen molar-refractivity contribution < 1.29 is 13.6 Å². The van der Waals surface area contributed by atoms with E-state index in [1.807, 2.05) is 17.8 Å². The van der Waals surface area contributed by atoms with Crippen LogP contribution in [0.3, 0.4) is 0 Å². The zero-order valence-corrected chi connectivity index (χ0v) is 14.0.